The van der Waals surface area contributed by atoms with E-state index in [1.807, 2.05) is 24.3 Å². The molecule has 0 radical (unpaired) electrons. The van der Waals surface area contributed by atoms with Crippen molar-refractivity contribution >= 4 is 0 Å². The zero-order valence-electron chi connectivity index (χ0n) is 12.0. The molecule has 1 heterocycles. The summed E-state index contributed by atoms with van der Waals surface area (Å²) >= 11 is 0. The molecule has 0 saturated heterocycles. The van der Waals surface area contributed by atoms with Crippen molar-refractivity contribution in [3.05, 3.63) is 53.1 Å². The van der Waals surface area contributed by atoms with Crippen LogP contribution in [0, 0.1) is 0 Å². The molecule has 0 aromatic heterocycles. The lowest BCUT2D eigenvalue weighted by atomic mass is 10.0. The zero-order chi connectivity index (χ0) is 14.4. The predicted octanol–water partition coefficient (Wildman–Crippen LogP) is 3.61. The first-order valence-corrected chi connectivity index (χ1v) is 7.39. The highest BCUT2D eigenvalue weighted by Gasteiger charge is 2.42. The Morgan fingerprint density at radius 1 is 1.14 bits per heavy atom. The SMILES string of the molecule is COc1ccc([C@@H]2C[C@H]2c2cc(O)cc3c2OCC3)cc1. The average Bonchev–Trinajstić information content (AvgIpc) is 3.16. The smallest absolute Gasteiger partial charge is 0.126 e. The van der Waals surface area contributed by atoms with Crippen LogP contribution in [0.2, 0.25) is 0 Å². The van der Waals surface area contributed by atoms with E-state index in [4.69, 9.17) is 9.47 Å². The fourth-order valence-electron chi connectivity index (χ4n) is 3.35. The minimum Gasteiger partial charge on any atom is -0.508 e. The van der Waals surface area contributed by atoms with Crippen LogP contribution in [0.4, 0.5) is 0 Å². The van der Waals surface area contributed by atoms with E-state index in [0.717, 1.165) is 36.5 Å². The number of methoxy groups -OCH3 is 1. The van der Waals surface area contributed by atoms with Gasteiger partial charge in [-0.25, -0.2) is 0 Å². The first-order chi connectivity index (χ1) is 10.3. The van der Waals surface area contributed by atoms with Gasteiger partial charge in [-0.1, -0.05) is 12.1 Å². The van der Waals surface area contributed by atoms with Crippen molar-refractivity contribution in [2.45, 2.75) is 24.7 Å². The summed E-state index contributed by atoms with van der Waals surface area (Å²) in [6.07, 6.45) is 2.02. The van der Waals surface area contributed by atoms with Crippen LogP contribution in [-0.2, 0) is 6.42 Å². The molecule has 2 aliphatic rings. The van der Waals surface area contributed by atoms with E-state index in [-0.39, 0.29) is 0 Å². The lowest BCUT2D eigenvalue weighted by molar-refractivity contribution is 0.353. The van der Waals surface area contributed by atoms with Gasteiger partial charge in [0, 0.05) is 17.5 Å². The maximum Gasteiger partial charge on any atom is 0.126 e. The number of phenolic OH excluding ortho intramolecular Hbond substituents is 1. The molecule has 1 saturated carbocycles. The van der Waals surface area contributed by atoms with Crippen LogP contribution in [0.25, 0.3) is 0 Å². The second kappa shape index (κ2) is 4.69. The van der Waals surface area contributed by atoms with Gasteiger partial charge < -0.3 is 14.6 Å². The summed E-state index contributed by atoms with van der Waals surface area (Å²) in [5, 5.41) is 9.91. The van der Waals surface area contributed by atoms with Crippen LogP contribution in [0.5, 0.6) is 17.2 Å². The predicted molar refractivity (Wildman–Crippen MR) is 80.4 cm³/mol. The van der Waals surface area contributed by atoms with Gasteiger partial charge in [0.15, 0.2) is 0 Å². The summed E-state index contributed by atoms with van der Waals surface area (Å²) in [5.41, 5.74) is 3.64. The van der Waals surface area contributed by atoms with E-state index in [2.05, 4.69) is 12.1 Å². The van der Waals surface area contributed by atoms with Gasteiger partial charge in [0.25, 0.3) is 0 Å². The summed E-state index contributed by atoms with van der Waals surface area (Å²) in [4.78, 5) is 0. The lowest BCUT2D eigenvalue weighted by Gasteiger charge is -2.09. The van der Waals surface area contributed by atoms with E-state index in [1.165, 1.54) is 11.1 Å². The molecule has 0 amide bonds. The van der Waals surface area contributed by atoms with Crippen LogP contribution in [0.15, 0.2) is 36.4 Å². The molecule has 1 N–H and O–H groups in total. The van der Waals surface area contributed by atoms with Crippen LogP contribution in [-0.4, -0.2) is 18.8 Å². The van der Waals surface area contributed by atoms with Crippen molar-refractivity contribution in [1.29, 1.82) is 0 Å². The molecule has 3 heteroatoms. The summed E-state index contributed by atoms with van der Waals surface area (Å²) in [5.74, 6) is 3.23. The van der Waals surface area contributed by atoms with Gasteiger partial charge in [-0.3, -0.25) is 0 Å². The summed E-state index contributed by atoms with van der Waals surface area (Å²) in [7, 11) is 1.68. The number of fused-ring (bicyclic) bond motifs is 1. The van der Waals surface area contributed by atoms with Crippen LogP contribution in [0.1, 0.15) is 34.9 Å². The number of rotatable bonds is 3. The number of hydrogen-bond donors (Lipinski definition) is 1. The molecule has 0 bridgehead atoms. The van der Waals surface area contributed by atoms with Crippen molar-refractivity contribution in [1.82, 2.24) is 0 Å². The van der Waals surface area contributed by atoms with Gasteiger partial charge in [-0.05, 0) is 48.1 Å². The summed E-state index contributed by atoms with van der Waals surface area (Å²) in [6, 6.07) is 12.0. The molecular weight excluding hydrogens is 264 g/mol. The molecular formula is C18H18O3. The van der Waals surface area contributed by atoms with Gasteiger partial charge >= 0.3 is 0 Å². The minimum atomic E-state index is 0.356. The van der Waals surface area contributed by atoms with Crippen molar-refractivity contribution in [3.8, 4) is 17.2 Å². The highest BCUT2D eigenvalue weighted by atomic mass is 16.5. The Bertz CT molecular complexity index is 676. The monoisotopic (exact) mass is 282 g/mol. The number of phenols is 1. The van der Waals surface area contributed by atoms with E-state index < -0.39 is 0 Å². The first-order valence-electron chi connectivity index (χ1n) is 7.39. The van der Waals surface area contributed by atoms with Crippen LogP contribution < -0.4 is 9.47 Å². The second-order valence-corrected chi connectivity index (χ2v) is 5.84. The fourth-order valence-corrected chi connectivity index (χ4v) is 3.35. The highest BCUT2D eigenvalue weighted by molar-refractivity contribution is 5.54. The number of ether oxygens (including phenoxy) is 2. The van der Waals surface area contributed by atoms with Gasteiger partial charge in [-0.2, -0.15) is 0 Å². The summed E-state index contributed by atoms with van der Waals surface area (Å²) < 4.78 is 11.0. The molecule has 1 aliphatic carbocycles. The first kappa shape index (κ1) is 12.6. The molecule has 0 unspecified atom stereocenters. The molecule has 0 spiro atoms. The lowest BCUT2D eigenvalue weighted by Crippen LogP contribution is -1.92. The molecule has 21 heavy (non-hydrogen) atoms. The van der Waals surface area contributed by atoms with Crippen molar-refractivity contribution in [2.24, 2.45) is 0 Å². The maximum absolute atomic E-state index is 9.91. The Balaban J connectivity index is 1.62. The van der Waals surface area contributed by atoms with Gasteiger partial charge in [-0.15, -0.1) is 0 Å². The average molecular weight is 282 g/mol. The third kappa shape index (κ3) is 2.13. The highest BCUT2D eigenvalue weighted by Crippen LogP contribution is 2.58. The van der Waals surface area contributed by atoms with Gasteiger partial charge in [0.05, 0.1) is 13.7 Å². The molecule has 108 valence electrons. The maximum atomic E-state index is 9.91. The van der Waals surface area contributed by atoms with Crippen molar-refractivity contribution in [3.63, 3.8) is 0 Å². The van der Waals surface area contributed by atoms with E-state index in [9.17, 15) is 5.11 Å². The Labute approximate surface area is 124 Å². The van der Waals surface area contributed by atoms with E-state index in [1.54, 1.807) is 7.11 Å². The topological polar surface area (TPSA) is 38.7 Å². The Hall–Kier alpha value is -2.16. The number of hydrogen-bond acceptors (Lipinski definition) is 3. The molecule has 4 rings (SSSR count). The Morgan fingerprint density at radius 2 is 1.95 bits per heavy atom. The molecule has 1 aliphatic heterocycles. The van der Waals surface area contributed by atoms with E-state index in [0.29, 0.717) is 17.6 Å². The van der Waals surface area contributed by atoms with Crippen LogP contribution in [0.3, 0.4) is 0 Å². The molecule has 2 aromatic rings. The quantitative estimate of drug-likeness (QED) is 0.934. The Morgan fingerprint density at radius 3 is 2.71 bits per heavy atom. The van der Waals surface area contributed by atoms with Gasteiger partial charge in [0.2, 0.25) is 0 Å². The molecule has 1 fully saturated rings. The minimum absolute atomic E-state index is 0.356. The van der Waals surface area contributed by atoms with E-state index >= 15 is 0 Å². The largest absolute Gasteiger partial charge is 0.508 e. The Kier molecular flexibility index (Phi) is 2.81. The van der Waals surface area contributed by atoms with Crippen molar-refractivity contribution in [2.75, 3.05) is 13.7 Å². The number of aromatic hydroxyl groups is 1. The second-order valence-electron chi connectivity index (χ2n) is 5.84. The normalized spacial score (nSPS) is 22.5. The summed E-state index contributed by atoms with van der Waals surface area (Å²) in [6.45, 7) is 0.728. The van der Waals surface area contributed by atoms with Crippen molar-refractivity contribution < 1.29 is 14.6 Å². The van der Waals surface area contributed by atoms with Gasteiger partial charge in [0.1, 0.15) is 17.2 Å². The number of benzene rings is 2. The third-order valence-corrected chi connectivity index (χ3v) is 4.53. The zero-order valence-corrected chi connectivity index (χ0v) is 12.0. The fraction of sp³-hybridized carbons (Fsp3) is 0.333. The molecule has 2 aromatic carbocycles. The molecule has 2 atom stereocenters. The standard InChI is InChI=1S/C18H18O3/c1-20-14-4-2-11(3-5-14)15-10-16(15)17-9-13(19)8-12-6-7-21-18(12)17/h2-5,8-9,15-16,19H,6-7,10H2,1H3/t15-,16+/m0/s1. The molecule has 3 nitrogen and oxygen atoms in total. The van der Waals surface area contributed by atoms with Crippen LogP contribution >= 0.6 is 0 Å². The third-order valence-electron chi connectivity index (χ3n) is 4.53.